The smallest absolute Gasteiger partial charge is 0.225 e. The highest BCUT2D eigenvalue weighted by Gasteiger charge is 2.10. The van der Waals surface area contributed by atoms with E-state index in [0.717, 1.165) is 0 Å². The van der Waals surface area contributed by atoms with Gasteiger partial charge in [-0.25, -0.2) is 9.97 Å². The number of Topliss-reactive ketones (excluding diaryl/α,β-unsaturated/α-hetero) is 1. The minimum atomic E-state index is -0.132. The summed E-state index contributed by atoms with van der Waals surface area (Å²) in [4.78, 5) is 21.3. The summed E-state index contributed by atoms with van der Waals surface area (Å²) in [6.07, 6.45) is 1.52. The van der Waals surface area contributed by atoms with Gasteiger partial charge in [0.15, 0.2) is 5.78 Å². The van der Waals surface area contributed by atoms with E-state index in [0.29, 0.717) is 17.2 Å². The Kier molecular flexibility index (Phi) is 3.14. The summed E-state index contributed by atoms with van der Waals surface area (Å²) in [5, 5.41) is 0. The maximum Gasteiger partial charge on any atom is 0.225 e. The van der Waals surface area contributed by atoms with Gasteiger partial charge in [-0.3, -0.25) is 4.79 Å². The van der Waals surface area contributed by atoms with Crippen molar-refractivity contribution in [1.29, 1.82) is 0 Å². The summed E-state index contributed by atoms with van der Waals surface area (Å²) in [5.41, 5.74) is 6.42. The SMILES string of the molecule is Cc1nc(N(C)C)ncc1C(=O)CN. The highest BCUT2D eigenvalue weighted by atomic mass is 16.1. The van der Waals surface area contributed by atoms with Crippen LogP contribution in [-0.4, -0.2) is 36.4 Å². The number of ketones is 1. The maximum atomic E-state index is 11.3. The lowest BCUT2D eigenvalue weighted by Crippen LogP contribution is -2.18. The molecule has 5 nitrogen and oxygen atoms in total. The van der Waals surface area contributed by atoms with Crippen LogP contribution in [0.25, 0.3) is 0 Å². The molecule has 0 unspecified atom stereocenters. The van der Waals surface area contributed by atoms with Gasteiger partial charge in [-0.15, -0.1) is 0 Å². The van der Waals surface area contributed by atoms with Crippen LogP contribution in [0.4, 0.5) is 5.95 Å². The molecule has 14 heavy (non-hydrogen) atoms. The van der Waals surface area contributed by atoms with Gasteiger partial charge in [0.05, 0.1) is 17.8 Å². The first-order valence-electron chi connectivity index (χ1n) is 4.30. The molecule has 0 spiro atoms. The molecule has 0 radical (unpaired) electrons. The quantitative estimate of drug-likeness (QED) is 0.685. The van der Waals surface area contributed by atoms with E-state index < -0.39 is 0 Å². The second-order valence-corrected chi connectivity index (χ2v) is 3.19. The van der Waals surface area contributed by atoms with Gasteiger partial charge < -0.3 is 10.6 Å². The fourth-order valence-corrected chi connectivity index (χ4v) is 1.05. The van der Waals surface area contributed by atoms with Gasteiger partial charge in [-0.05, 0) is 6.92 Å². The first-order valence-corrected chi connectivity index (χ1v) is 4.30. The van der Waals surface area contributed by atoms with Crippen LogP contribution in [0.2, 0.25) is 0 Å². The number of hydrogen-bond donors (Lipinski definition) is 1. The average molecular weight is 194 g/mol. The van der Waals surface area contributed by atoms with Crippen LogP contribution in [0.3, 0.4) is 0 Å². The molecule has 76 valence electrons. The van der Waals surface area contributed by atoms with Crippen molar-refractivity contribution in [2.45, 2.75) is 6.92 Å². The van der Waals surface area contributed by atoms with Crippen molar-refractivity contribution in [2.24, 2.45) is 5.73 Å². The van der Waals surface area contributed by atoms with Gasteiger partial charge in [0, 0.05) is 20.3 Å². The number of carbonyl (C=O) groups excluding carboxylic acids is 1. The van der Waals surface area contributed by atoms with Crippen molar-refractivity contribution >= 4 is 11.7 Å². The number of nitrogens with two attached hydrogens (primary N) is 1. The lowest BCUT2D eigenvalue weighted by molar-refractivity contribution is 0.1000. The molecule has 0 aliphatic heterocycles. The molecule has 1 aromatic heterocycles. The number of anilines is 1. The molecule has 5 heteroatoms. The van der Waals surface area contributed by atoms with Crippen molar-refractivity contribution < 1.29 is 4.79 Å². The number of aryl methyl sites for hydroxylation is 1. The molecule has 0 aliphatic carbocycles. The van der Waals surface area contributed by atoms with Crippen LogP contribution in [-0.2, 0) is 0 Å². The molecule has 0 atom stereocenters. The Labute approximate surface area is 83.0 Å². The molecule has 0 bridgehead atoms. The standard InChI is InChI=1S/C9H14N4O/c1-6-7(8(14)4-10)5-11-9(12-6)13(2)3/h5H,4,10H2,1-3H3. The Hall–Kier alpha value is -1.49. The summed E-state index contributed by atoms with van der Waals surface area (Å²) in [7, 11) is 3.69. The van der Waals surface area contributed by atoms with Gasteiger partial charge in [0.2, 0.25) is 5.95 Å². The van der Waals surface area contributed by atoms with Gasteiger partial charge in [0.1, 0.15) is 0 Å². The third kappa shape index (κ3) is 2.05. The number of rotatable bonds is 3. The van der Waals surface area contributed by atoms with Crippen LogP contribution < -0.4 is 10.6 Å². The van der Waals surface area contributed by atoms with E-state index in [4.69, 9.17) is 5.73 Å². The predicted molar refractivity (Wildman–Crippen MR) is 54.5 cm³/mol. The molecule has 2 N–H and O–H groups in total. The van der Waals surface area contributed by atoms with E-state index in [2.05, 4.69) is 9.97 Å². The highest BCUT2D eigenvalue weighted by molar-refractivity contribution is 5.98. The van der Waals surface area contributed by atoms with E-state index in [1.165, 1.54) is 6.20 Å². The Morgan fingerprint density at radius 3 is 2.64 bits per heavy atom. The average Bonchev–Trinajstić information content (AvgIpc) is 2.16. The van der Waals surface area contributed by atoms with Crippen molar-refractivity contribution in [3.05, 3.63) is 17.5 Å². The van der Waals surface area contributed by atoms with E-state index in [9.17, 15) is 4.79 Å². The molecule has 1 heterocycles. The van der Waals surface area contributed by atoms with E-state index >= 15 is 0 Å². The maximum absolute atomic E-state index is 11.3. The molecule has 0 fully saturated rings. The Bertz CT molecular complexity index is 349. The number of carbonyl (C=O) groups is 1. The number of nitrogens with zero attached hydrogens (tertiary/aromatic N) is 3. The Morgan fingerprint density at radius 2 is 2.21 bits per heavy atom. The minimum Gasteiger partial charge on any atom is -0.347 e. The Balaban J connectivity index is 3.07. The molecular formula is C9H14N4O. The monoisotopic (exact) mass is 194 g/mol. The first kappa shape index (κ1) is 10.6. The summed E-state index contributed by atoms with van der Waals surface area (Å²) in [5.74, 6) is 0.462. The number of hydrogen-bond acceptors (Lipinski definition) is 5. The summed E-state index contributed by atoms with van der Waals surface area (Å²) in [6.45, 7) is 1.77. The van der Waals surface area contributed by atoms with Crippen LogP contribution in [0.1, 0.15) is 16.1 Å². The second-order valence-electron chi connectivity index (χ2n) is 3.19. The molecule has 0 aromatic carbocycles. The number of aromatic nitrogens is 2. The zero-order chi connectivity index (χ0) is 10.7. The molecule has 0 amide bonds. The lowest BCUT2D eigenvalue weighted by atomic mass is 10.1. The third-order valence-corrected chi connectivity index (χ3v) is 1.85. The van der Waals surface area contributed by atoms with E-state index in [1.54, 1.807) is 11.8 Å². The normalized spacial score (nSPS) is 10.0. The van der Waals surface area contributed by atoms with Gasteiger partial charge in [-0.1, -0.05) is 0 Å². The Morgan fingerprint density at radius 1 is 1.57 bits per heavy atom. The van der Waals surface area contributed by atoms with Crippen molar-refractivity contribution in [3.8, 4) is 0 Å². The molecule has 0 saturated heterocycles. The van der Waals surface area contributed by atoms with Crippen LogP contribution in [0, 0.1) is 6.92 Å². The topological polar surface area (TPSA) is 72.1 Å². The fourth-order valence-electron chi connectivity index (χ4n) is 1.05. The zero-order valence-corrected chi connectivity index (χ0v) is 8.61. The zero-order valence-electron chi connectivity index (χ0n) is 8.61. The van der Waals surface area contributed by atoms with Crippen LogP contribution in [0.15, 0.2) is 6.20 Å². The van der Waals surface area contributed by atoms with E-state index in [-0.39, 0.29) is 12.3 Å². The van der Waals surface area contributed by atoms with Crippen LogP contribution >= 0.6 is 0 Å². The van der Waals surface area contributed by atoms with Gasteiger partial charge in [0.25, 0.3) is 0 Å². The third-order valence-electron chi connectivity index (χ3n) is 1.85. The van der Waals surface area contributed by atoms with Gasteiger partial charge in [-0.2, -0.15) is 0 Å². The van der Waals surface area contributed by atoms with Crippen molar-refractivity contribution in [3.63, 3.8) is 0 Å². The van der Waals surface area contributed by atoms with Crippen molar-refractivity contribution in [2.75, 3.05) is 25.5 Å². The molecule has 0 saturated carbocycles. The summed E-state index contributed by atoms with van der Waals surface area (Å²) >= 11 is 0. The van der Waals surface area contributed by atoms with Crippen molar-refractivity contribution in [1.82, 2.24) is 9.97 Å². The fraction of sp³-hybridized carbons (Fsp3) is 0.444. The molecular weight excluding hydrogens is 180 g/mol. The predicted octanol–water partition coefficient (Wildman–Crippen LogP) is -0.00758. The minimum absolute atomic E-state index is 0.00842. The summed E-state index contributed by atoms with van der Waals surface area (Å²) in [6, 6.07) is 0. The van der Waals surface area contributed by atoms with Crippen LogP contribution in [0.5, 0.6) is 0 Å². The summed E-state index contributed by atoms with van der Waals surface area (Å²) < 4.78 is 0. The van der Waals surface area contributed by atoms with E-state index in [1.807, 2.05) is 14.1 Å². The lowest BCUT2D eigenvalue weighted by Gasteiger charge is -2.11. The largest absolute Gasteiger partial charge is 0.347 e. The molecule has 1 rings (SSSR count). The molecule has 0 aliphatic rings. The second kappa shape index (κ2) is 4.15. The van der Waals surface area contributed by atoms with Gasteiger partial charge >= 0.3 is 0 Å². The molecule has 1 aromatic rings. The highest BCUT2D eigenvalue weighted by Crippen LogP contribution is 2.08. The first-order chi connectivity index (χ1) is 6.56.